The van der Waals surface area contributed by atoms with Crippen LogP contribution in [0.3, 0.4) is 0 Å². The third-order valence-electron chi connectivity index (χ3n) is 7.08. The summed E-state index contributed by atoms with van der Waals surface area (Å²) in [5, 5.41) is 25.2. The molecule has 196 valence electrons. The number of carboxylic acid groups (broad SMARTS) is 2. The Morgan fingerprint density at radius 3 is 1.21 bits per heavy atom. The SMILES string of the molecule is CN1CC(N)CN1C1CCCCC1.CN1CC(N)CN1C1CCCCC1.O=C(O)C=CC(=O)O. The average Bonchev–Trinajstić information content (AvgIpc) is 3.33. The topological polar surface area (TPSA) is 140 Å². The molecule has 10 nitrogen and oxygen atoms in total. The van der Waals surface area contributed by atoms with Crippen LogP contribution in [-0.4, -0.2) is 107 Å². The van der Waals surface area contributed by atoms with Crippen LogP contribution in [0, 0.1) is 0 Å². The minimum atomic E-state index is -1.26. The number of aliphatic carboxylic acids is 2. The van der Waals surface area contributed by atoms with Gasteiger partial charge in [0.15, 0.2) is 0 Å². The van der Waals surface area contributed by atoms with E-state index in [4.69, 9.17) is 21.7 Å². The first-order valence-corrected chi connectivity index (χ1v) is 12.8. The van der Waals surface area contributed by atoms with Crippen molar-refractivity contribution in [1.82, 2.24) is 20.0 Å². The van der Waals surface area contributed by atoms with Crippen molar-refractivity contribution in [2.24, 2.45) is 11.5 Å². The van der Waals surface area contributed by atoms with Gasteiger partial charge in [-0.25, -0.2) is 29.6 Å². The zero-order valence-electron chi connectivity index (χ0n) is 21.0. The first kappa shape index (κ1) is 28.7. The Balaban J connectivity index is 0.000000187. The molecule has 4 rings (SSSR count). The third-order valence-corrected chi connectivity index (χ3v) is 7.08. The van der Waals surface area contributed by atoms with Gasteiger partial charge in [0.1, 0.15) is 0 Å². The Labute approximate surface area is 204 Å². The van der Waals surface area contributed by atoms with Gasteiger partial charge in [-0.1, -0.05) is 38.5 Å². The van der Waals surface area contributed by atoms with E-state index in [2.05, 4.69) is 34.1 Å². The smallest absolute Gasteiger partial charge is 0.328 e. The maximum absolute atomic E-state index is 9.55. The summed E-state index contributed by atoms with van der Waals surface area (Å²) in [6.07, 6.45) is 15.1. The molecular weight excluding hydrogens is 436 g/mol. The predicted molar refractivity (Wildman–Crippen MR) is 133 cm³/mol. The zero-order chi connectivity index (χ0) is 25.1. The van der Waals surface area contributed by atoms with Gasteiger partial charge in [0.05, 0.1) is 0 Å². The standard InChI is InChI=1S/2C10H21N3.C4H4O4/c2*1-12-7-9(11)8-13(12)10-5-3-2-4-6-10;5-3(6)1-2-4(7)8/h2*9-10H,2-8,11H2,1H3;1-2H,(H,5,6)(H,7,8). The van der Waals surface area contributed by atoms with E-state index in [1.165, 1.54) is 64.2 Å². The molecule has 0 amide bonds. The molecule has 2 saturated carbocycles. The maximum atomic E-state index is 9.55. The van der Waals surface area contributed by atoms with Gasteiger partial charge >= 0.3 is 11.9 Å². The van der Waals surface area contributed by atoms with Gasteiger partial charge in [-0.3, -0.25) is 0 Å². The van der Waals surface area contributed by atoms with Gasteiger partial charge in [-0.15, -0.1) is 0 Å². The number of likely N-dealkylation sites (N-methyl/N-ethyl adjacent to an activating group) is 2. The van der Waals surface area contributed by atoms with Crippen molar-refractivity contribution in [3.63, 3.8) is 0 Å². The number of rotatable bonds is 4. The Hall–Kier alpha value is -1.56. The summed E-state index contributed by atoms with van der Waals surface area (Å²) in [6, 6.07) is 2.30. The molecule has 4 aliphatic rings. The lowest BCUT2D eigenvalue weighted by Crippen LogP contribution is -2.42. The van der Waals surface area contributed by atoms with Crippen LogP contribution in [0.15, 0.2) is 12.2 Å². The van der Waals surface area contributed by atoms with Crippen molar-refractivity contribution in [2.45, 2.75) is 88.4 Å². The fraction of sp³-hybridized carbons (Fsp3) is 0.833. The van der Waals surface area contributed by atoms with Gasteiger partial charge in [0.2, 0.25) is 0 Å². The number of carbonyl (C=O) groups is 2. The molecule has 2 unspecified atom stereocenters. The van der Waals surface area contributed by atoms with E-state index in [1.54, 1.807) is 0 Å². The minimum absolute atomic E-state index is 0.368. The lowest BCUT2D eigenvalue weighted by molar-refractivity contribution is -0.134. The Kier molecular flexibility index (Phi) is 12.4. The largest absolute Gasteiger partial charge is 0.478 e. The zero-order valence-corrected chi connectivity index (χ0v) is 21.0. The fourth-order valence-electron chi connectivity index (χ4n) is 5.52. The summed E-state index contributed by atoms with van der Waals surface area (Å²) in [4.78, 5) is 19.1. The van der Waals surface area contributed by atoms with Crippen molar-refractivity contribution in [3.05, 3.63) is 12.2 Å². The lowest BCUT2D eigenvalue weighted by Gasteiger charge is -2.35. The predicted octanol–water partition coefficient (Wildman–Crippen LogP) is 1.33. The third kappa shape index (κ3) is 9.97. The summed E-state index contributed by atoms with van der Waals surface area (Å²) >= 11 is 0. The molecule has 34 heavy (non-hydrogen) atoms. The lowest BCUT2D eigenvalue weighted by atomic mass is 9.95. The minimum Gasteiger partial charge on any atom is -0.478 e. The summed E-state index contributed by atoms with van der Waals surface area (Å²) in [5.74, 6) is -2.51. The highest BCUT2D eigenvalue weighted by Gasteiger charge is 2.32. The van der Waals surface area contributed by atoms with Gasteiger partial charge in [0, 0.05) is 76.6 Å². The van der Waals surface area contributed by atoms with Crippen molar-refractivity contribution in [2.75, 3.05) is 40.3 Å². The van der Waals surface area contributed by atoms with Crippen molar-refractivity contribution >= 4 is 11.9 Å². The molecule has 0 aromatic rings. The summed E-state index contributed by atoms with van der Waals surface area (Å²) in [6.45, 7) is 4.22. The van der Waals surface area contributed by atoms with Crippen LogP contribution in [0.25, 0.3) is 0 Å². The number of carboxylic acids is 2. The molecule has 2 saturated heterocycles. The molecule has 2 aliphatic carbocycles. The van der Waals surface area contributed by atoms with Gasteiger partial charge in [-0.2, -0.15) is 0 Å². The van der Waals surface area contributed by atoms with Crippen LogP contribution in [0.5, 0.6) is 0 Å². The van der Waals surface area contributed by atoms with Crippen LogP contribution in [-0.2, 0) is 9.59 Å². The van der Waals surface area contributed by atoms with E-state index in [9.17, 15) is 9.59 Å². The highest BCUT2D eigenvalue weighted by Crippen LogP contribution is 2.26. The molecular formula is C24H46N6O4. The molecule has 0 radical (unpaired) electrons. The van der Waals surface area contributed by atoms with E-state index >= 15 is 0 Å². The van der Waals surface area contributed by atoms with Crippen molar-refractivity contribution in [1.29, 1.82) is 0 Å². The number of nitrogens with zero attached hydrogens (tertiary/aromatic N) is 4. The van der Waals surface area contributed by atoms with Gasteiger partial charge in [-0.05, 0) is 25.7 Å². The van der Waals surface area contributed by atoms with E-state index in [-0.39, 0.29) is 0 Å². The number of hydrogen-bond donors (Lipinski definition) is 4. The number of nitrogens with two attached hydrogens (primary N) is 2. The average molecular weight is 483 g/mol. The molecule has 0 aromatic heterocycles. The number of hydrazine groups is 2. The normalized spacial score (nSPS) is 28.4. The van der Waals surface area contributed by atoms with E-state index in [0.29, 0.717) is 24.2 Å². The monoisotopic (exact) mass is 482 g/mol. The summed E-state index contributed by atoms with van der Waals surface area (Å²) < 4.78 is 0. The van der Waals surface area contributed by atoms with E-state index in [0.717, 1.165) is 38.3 Å². The molecule has 0 bridgehead atoms. The quantitative estimate of drug-likeness (QED) is 0.434. The molecule has 2 heterocycles. The van der Waals surface area contributed by atoms with Crippen LogP contribution in [0.2, 0.25) is 0 Å². The second-order valence-electron chi connectivity index (χ2n) is 10.0. The van der Waals surface area contributed by atoms with Crippen LogP contribution in [0.1, 0.15) is 64.2 Å². The van der Waals surface area contributed by atoms with Gasteiger partial charge in [0.25, 0.3) is 0 Å². The molecule has 0 spiro atoms. The highest BCUT2D eigenvalue weighted by atomic mass is 16.4. The summed E-state index contributed by atoms with van der Waals surface area (Å²) in [7, 11) is 4.34. The Morgan fingerprint density at radius 1 is 0.647 bits per heavy atom. The molecule has 2 atom stereocenters. The summed E-state index contributed by atoms with van der Waals surface area (Å²) in [5.41, 5.74) is 11.9. The second kappa shape index (κ2) is 14.8. The number of hydrogen-bond acceptors (Lipinski definition) is 8. The first-order chi connectivity index (χ1) is 16.2. The Morgan fingerprint density at radius 2 is 0.971 bits per heavy atom. The van der Waals surface area contributed by atoms with Crippen molar-refractivity contribution in [3.8, 4) is 0 Å². The molecule has 10 heteroatoms. The molecule has 0 aromatic carbocycles. The van der Waals surface area contributed by atoms with Crippen LogP contribution in [0.4, 0.5) is 0 Å². The van der Waals surface area contributed by atoms with E-state index < -0.39 is 11.9 Å². The molecule has 6 N–H and O–H groups in total. The van der Waals surface area contributed by atoms with E-state index in [1.807, 2.05) is 0 Å². The maximum Gasteiger partial charge on any atom is 0.328 e. The molecule has 4 fully saturated rings. The fourth-order valence-corrected chi connectivity index (χ4v) is 5.52. The van der Waals surface area contributed by atoms with Gasteiger partial charge < -0.3 is 21.7 Å². The van der Waals surface area contributed by atoms with Crippen LogP contribution >= 0.6 is 0 Å². The molecule has 2 aliphatic heterocycles. The Bertz CT molecular complexity index is 597. The van der Waals surface area contributed by atoms with Crippen LogP contribution < -0.4 is 11.5 Å². The first-order valence-electron chi connectivity index (χ1n) is 12.8. The second-order valence-corrected chi connectivity index (χ2v) is 10.0. The highest BCUT2D eigenvalue weighted by molar-refractivity contribution is 5.89. The van der Waals surface area contributed by atoms with Crippen molar-refractivity contribution < 1.29 is 19.8 Å².